The number of thioether (sulfide) groups is 1. The fourth-order valence-electron chi connectivity index (χ4n) is 3.85. The van der Waals surface area contributed by atoms with Crippen molar-refractivity contribution in [3.05, 3.63) is 64.2 Å². The second-order valence-corrected chi connectivity index (χ2v) is 9.23. The van der Waals surface area contributed by atoms with Crippen molar-refractivity contribution in [2.24, 2.45) is 10.1 Å². The first-order valence-corrected chi connectivity index (χ1v) is 12.0. The molecule has 0 spiro atoms. The number of hydrogen-bond donors (Lipinski definition) is 1. The van der Waals surface area contributed by atoms with E-state index in [0.29, 0.717) is 33.9 Å². The van der Waals surface area contributed by atoms with Gasteiger partial charge in [0.25, 0.3) is 5.91 Å². The van der Waals surface area contributed by atoms with Crippen LogP contribution in [-0.2, 0) is 11.4 Å². The number of carbonyl (C=O) groups excluding carboxylic acids is 1. The highest BCUT2D eigenvalue weighted by Crippen LogP contribution is 2.33. The molecule has 0 saturated carbocycles. The summed E-state index contributed by atoms with van der Waals surface area (Å²) in [5.41, 5.74) is 1.72. The van der Waals surface area contributed by atoms with Crippen LogP contribution in [0.15, 0.2) is 58.1 Å². The van der Waals surface area contributed by atoms with Gasteiger partial charge < -0.3 is 14.4 Å². The van der Waals surface area contributed by atoms with Crippen molar-refractivity contribution in [3.8, 4) is 11.5 Å². The number of ether oxygens (including phenoxy) is 2. The van der Waals surface area contributed by atoms with E-state index in [1.54, 1.807) is 31.4 Å². The molecule has 34 heavy (non-hydrogen) atoms. The third-order valence-electron chi connectivity index (χ3n) is 5.66. The summed E-state index contributed by atoms with van der Waals surface area (Å²) in [6.07, 6.45) is 3.86. The number of hydrazone groups is 1. The molecule has 5 rings (SSSR count). The monoisotopic (exact) mass is 495 g/mol. The van der Waals surface area contributed by atoms with Crippen LogP contribution in [0.4, 0.5) is 0 Å². The maximum absolute atomic E-state index is 12.7. The summed E-state index contributed by atoms with van der Waals surface area (Å²) in [5.74, 6) is 0.603. The van der Waals surface area contributed by atoms with Gasteiger partial charge in [0.2, 0.25) is 5.17 Å². The Morgan fingerprint density at radius 1 is 1.15 bits per heavy atom. The van der Waals surface area contributed by atoms with Gasteiger partial charge >= 0.3 is 0 Å². The molecule has 8 nitrogen and oxygen atoms in total. The number of amides is 1. The predicted molar refractivity (Wildman–Crippen MR) is 135 cm³/mol. The highest BCUT2D eigenvalue weighted by molar-refractivity contribution is 8.26. The predicted octanol–water partition coefficient (Wildman–Crippen LogP) is 4.60. The molecule has 10 heteroatoms. The van der Waals surface area contributed by atoms with Crippen molar-refractivity contribution in [1.29, 1.82) is 5.41 Å². The summed E-state index contributed by atoms with van der Waals surface area (Å²) in [7, 11) is 1.55. The second-order valence-electron chi connectivity index (χ2n) is 7.89. The van der Waals surface area contributed by atoms with Crippen LogP contribution in [0.1, 0.15) is 24.0 Å². The number of aliphatic imine (C=N–C) groups is 1. The van der Waals surface area contributed by atoms with Gasteiger partial charge in [-0.05, 0) is 54.4 Å². The normalized spacial score (nSPS) is 18.8. The van der Waals surface area contributed by atoms with Gasteiger partial charge in [0.15, 0.2) is 22.5 Å². The zero-order valence-electron chi connectivity index (χ0n) is 18.5. The highest BCUT2D eigenvalue weighted by Gasteiger charge is 2.37. The average molecular weight is 496 g/mol. The molecule has 3 aliphatic heterocycles. The minimum Gasteiger partial charge on any atom is -0.493 e. The molecular formula is C24H22ClN5O3S. The van der Waals surface area contributed by atoms with E-state index >= 15 is 0 Å². The fraction of sp³-hybridized carbons (Fsp3) is 0.250. The Labute approximate surface area is 206 Å². The molecule has 3 aliphatic rings. The molecule has 1 amide bonds. The van der Waals surface area contributed by atoms with E-state index in [4.69, 9.17) is 26.5 Å². The fourth-order valence-corrected chi connectivity index (χ4v) is 4.98. The van der Waals surface area contributed by atoms with Crippen LogP contribution in [0.3, 0.4) is 0 Å². The van der Waals surface area contributed by atoms with E-state index in [2.05, 4.69) is 15.0 Å². The zero-order valence-corrected chi connectivity index (χ0v) is 20.0. The average Bonchev–Trinajstić information content (AvgIpc) is 3.52. The lowest BCUT2D eigenvalue weighted by molar-refractivity contribution is -0.114. The molecule has 0 unspecified atom stereocenters. The van der Waals surface area contributed by atoms with Gasteiger partial charge in [-0.1, -0.05) is 35.9 Å². The molecule has 0 atom stereocenters. The molecule has 3 heterocycles. The number of amidine groups is 3. The number of nitrogens with zero attached hydrogens (tertiary/aromatic N) is 4. The number of halogens is 1. The molecule has 0 aliphatic carbocycles. The maximum atomic E-state index is 12.7. The summed E-state index contributed by atoms with van der Waals surface area (Å²) >= 11 is 7.55. The van der Waals surface area contributed by atoms with Crippen molar-refractivity contribution in [2.75, 3.05) is 20.2 Å². The molecule has 0 aromatic heterocycles. The van der Waals surface area contributed by atoms with Gasteiger partial charge in [-0.3, -0.25) is 10.2 Å². The molecule has 0 bridgehead atoms. The van der Waals surface area contributed by atoms with Crippen LogP contribution < -0.4 is 9.47 Å². The first-order chi connectivity index (χ1) is 16.5. The van der Waals surface area contributed by atoms with Crippen molar-refractivity contribution >= 4 is 51.5 Å². The Kier molecular flexibility index (Phi) is 6.30. The number of likely N-dealkylation sites (tertiary alicyclic amines) is 1. The zero-order chi connectivity index (χ0) is 23.7. The Hall–Kier alpha value is -3.30. The largest absolute Gasteiger partial charge is 0.493 e. The number of carbonyl (C=O) groups is 1. The van der Waals surface area contributed by atoms with Crippen LogP contribution in [0, 0.1) is 5.41 Å². The van der Waals surface area contributed by atoms with E-state index in [-0.39, 0.29) is 11.4 Å². The lowest BCUT2D eigenvalue weighted by Gasteiger charge is -2.20. The minimum absolute atomic E-state index is 0.00899. The number of nitrogens with one attached hydrogen (secondary N) is 1. The van der Waals surface area contributed by atoms with E-state index < -0.39 is 5.91 Å². The lowest BCUT2D eigenvalue weighted by Crippen LogP contribution is -2.35. The van der Waals surface area contributed by atoms with Crippen molar-refractivity contribution in [3.63, 3.8) is 0 Å². The Morgan fingerprint density at radius 2 is 1.94 bits per heavy atom. The molecule has 2 aromatic carbocycles. The van der Waals surface area contributed by atoms with Gasteiger partial charge in [-0.15, -0.1) is 5.10 Å². The van der Waals surface area contributed by atoms with Crippen molar-refractivity contribution < 1.29 is 14.3 Å². The van der Waals surface area contributed by atoms with Crippen molar-refractivity contribution in [2.45, 2.75) is 19.4 Å². The van der Waals surface area contributed by atoms with E-state index in [0.717, 1.165) is 36.7 Å². The van der Waals surface area contributed by atoms with E-state index in [9.17, 15) is 4.79 Å². The number of fused-ring (bicyclic) bond motifs is 1. The number of benzene rings is 2. The molecule has 174 valence electrons. The number of methoxy groups -OCH3 is 1. The van der Waals surface area contributed by atoms with Crippen LogP contribution in [-0.4, -0.2) is 52.2 Å². The summed E-state index contributed by atoms with van der Waals surface area (Å²) in [6.45, 7) is 2.16. The van der Waals surface area contributed by atoms with E-state index in [1.165, 1.54) is 16.8 Å². The first kappa shape index (κ1) is 22.5. The van der Waals surface area contributed by atoms with Gasteiger partial charge in [0.1, 0.15) is 6.61 Å². The van der Waals surface area contributed by atoms with Crippen LogP contribution in [0.25, 0.3) is 6.08 Å². The molecule has 1 fully saturated rings. The number of hydrogen-bond acceptors (Lipinski definition) is 7. The topological polar surface area (TPSA) is 90.6 Å². The molecular weight excluding hydrogens is 474 g/mol. The van der Waals surface area contributed by atoms with E-state index in [1.807, 2.05) is 24.3 Å². The highest BCUT2D eigenvalue weighted by atomic mass is 35.5. The molecule has 1 N–H and O–H groups in total. The smallest absolute Gasteiger partial charge is 0.283 e. The second kappa shape index (κ2) is 9.52. The third kappa shape index (κ3) is 4.41. The SMILES string of the molecule is COc1cc(/C=C2/C(=N)N3N=C(N4CCCC4)SC3=NC2=O)ccc1OCc1ccccc1Cl. The van der Waals surface area contributed by atoms with Crippen LogP contribution in [0.5, 0.6) is 11.5 Å². The first-order valence-electron chi connectivity index (χ1n) is 10.8. The molecule has 0 radical (unpaired) electrons. The molecule has 1 saturated heterocycles. The van der Waals surface area contributed by atoms with Gasteiger partial charge in [-0.25, -0.2) is 0 Å². The summed E-state index contributed by atoms with van der Waals surface area (Å²) in [6, 6.07) is 12.8. The van der Waals surface area contributed by atoms with Crippen LogP contribution >= 0.6 is 23.4 Å². The maximum Gasteiger partial charge on any atom is 0.283 e. The summed E-state index contributed by atoms with van der Waals surface area (Å²) < 4.78 is 11.4. The standard InChI is InChI=1S/C24H22ClN5O3S/c1-32-20-13-15(8-9-19(20)33-14-16-6-2-3-7-18(16)25)12-17-21(26)30-23(27-22(17)31)34-24(28-30)29-10-4-5-11-29/h2-3,6-9,12-13,26H,4-5,10-11,14H2,1H3/b17-12-,26-21?. The Balaban J connectivity index is 1.36. The van der Waals surface area contributed by atoms with Gasteiger partial charge in [0.05, 0.1) is 12.7 Å². The lowest BCUT2D eigenvalue weighted by atomic mass is 10.1. The van der Waals surface area contributed by atoms with Crippen LogP contribution in [0.2, 0.25) is 5.02 Å². The summed E-state index contributed by atoms with van der Waals surface area (Å²) in [4.78, 5) is 19.1. The Bertz CT molecular complexity index is 1250. The quantitative estimate of drug-likeness (QED) is 0.609. The van der Waals surface area contributed by atoms with Gasteiger partial charge in [-0.2, -0.15) is 10.0 Å². The van der Waals surface area contributed by atoms with Gasteiger partial charge in [0, 0.05) is 23.7 Å². The van der Waals surface area contributed by atoms with Crippen molar-refractivity contribution in [1.82, 2.24) is 9.91 Å². The third-order valence-corrected chi connectivity index (χ3v) is 7.00. The summed E-state index contributed by atoms with van der Waals surface area (Å²) in [5, 5.41) is 16.4. The number of rotatable bonds is 5. The molecule has 2 aromatic rings. The minimum atomic E-state index is -0.459. The Morgan fingerprint density at radius 3 is 2.71 bits per heavy atom.